The second-order valence-electron chi connectivity index (χ2n) is 3.37. The molecular weight excluding hydrogens is 305 g/mol. The molecule has 0 saturated heterocycles. The predicted octanol–water partition coefficient (Wildman–Crippen LogP) is 1.63. The highest BCUT2D eigenvalue weighted by molar-refractivity contribution is 14.1. The maximum Gasteiger partial charge on any atom is 0.251 e. The van der Waals surface area contributed by atoms with Crippen LogP contribution in [0, 0.1) is 17.4 Å². The van der Waals surface area contributed by atoms with E-state index in [1.165, 1.54) is 0 Å². The summed E-state index contributed by atoms with van der Waals surface area (Å²) >= 11 is 2.19. The van der Waals surface area contributed by atoms with Crippen LogP contribution in [0.25, 0.3) is 0 Å². The van der Waals surface area contributed by atoms with Crippen molar-refractivity contribution in [3.05, 3.63) is 32.4 Å². The van der Waals surface area contributed by atoms with E-state index in [1.807, 2.05) is 26.0 Å². The summed E-state index contributed by atoms with van der Waals surface area (Å²) in [4.78, 5) is 11.7. The Hall–Kier alpha value is -0.620. The Morgan fingerprint density at radius 3 is 2.73 bits per heavy atom. The predicted molar refractivity (Wildman–Crippen MR) is 68.1 cm³/mol. The van der Waals surface area contributed by atoms with Crippen LogP contribution in [-0.4, -0.2) is 24.2 Å². The minimum Gasteiger partial charge on any atom is -0.395 e. The Morgan fingerprint density at radius 2 is 2.13 bits per heavy atom. The van der Waals surface area contributed by atoms with Gasteiger partial charge in [-0.05, 0) is 59.7 Å². The molecule has 1 amide bonds. The lowest BCUT2D eigenvalue weighted by Crippen LogP contribution is -2.27. The van der Waals surface area contributed by atoms with E-state index in [0.29, 0.717) is 12.1 Å². The highest BCUT2D eigenvalue weighted by Crippen LogP contribution is 2.17. The lowest BCUT2D eigenvalue weighted by Gasteiger charge is -2.09. The molecule has 0 unspecified atom stereocenters. The van der Waals surface area contributed by atoms with E-state index in [0.717, 1.165) is 14.7 Å². The Kier molecular flexibility index (Phi) is 4.53. The number of hydrogen-bond acceptors (Lipinski definition) is 2. The molecule has 0 radical (unpaired) electrons. The van der Waals surface area contributed by atoms with Crippen LogP contribution in [0.1, 0.15) is 21.5 Å². The minimum absolute atomic E-state index is 0.0340. The second kappa shape index (κ2) is 5.46. The number of carbonyl (C=O) groups is 1. The van der Waals surface area contributed by atoms with Crippen LogP contribution in [0.15, 0.2) is 12.1 Å². The molecule has 0 aliphatic heterocycles. The number of nitrogens with one attached hydrogen (secondary N) is 1. The highest BCUT2D eigenvalue weighted by atomic mass is 127. The molecule has 3 nitrogen and oxygen atoms in total. The van der Waals surface area contributed by atoms with Crippen molar-refractivity contribution in [1.82, 2.24) is 5.32 Å². The molecule has 0 atom stereocenters. The van der Waals surface area contributed by atoms with E-state index in [-0.39, 0.29) is 12.5 Å². The van der Waals surface area contributed by atoms with Crippen molar-refractivity contribution < 1.29 is 9.90 Å². The SMILES string of the molecule is Cc1cc(I)cc(C(=O)NCCO)c1C. The van der Waals surface area contributed by atoms with Gasteiger partial charge in [0.15, 0.2) is 0 Å². The number of aryl methyl sites for hydroxylation is 1. The molecule has 2 N–H and O–H groups in total. The zero-order valence-electron chi connectivity index (χ0n) is 8.80. The molecule has 0 saturated carbocycles. The van der Waals surface area contributed by atoms with Gasteiger partial charge < -0.3 is 10.4 Å². The molecule has 1 aromatic carbocycles. The number of hydrogen-bond donors (Lipinski definition) is 2. The Morgan fingerprint density at radius 1 is 1.47 bits per heavy atom. The van der Waals surface area contributed by atoms with Gasteiger partial charge in [-0.3, -0.25) is 4.79 Å². The molecule has 4 heteroatoms. The largest absolute Gasteiger partial charge is 0.395 e. The van der Waals surface area contributed by atoms with E-state index in [2.05, 4.69) is 27.9 Å². The summed E-state index contributed by atoms with van der Waals surface area (Å²) in [5.41, 5.74) is 2.79. The van der Waals surface area contributed by atoms with E-state index in [4.69, 9.17) is 5.11 Å². The molecule has 0 aliphatic rings. The third-order valence-corrected chi connectivity index (χ3v) is 2.90. The summed E-state index contributed by atoms with van der Waals surface area (Å²) in [5.74, 6) is -0.122. The third-order valence-electron chi connectivity index (χ3n) is 2.27. The first-order valence-electron chi connectivity index (χ1n) is 4.72. The first-order valence-corrected chi connectivity index (χ1v) is 5.80. The molecule has 0 aromatic heterocycles. The number of aliphatic hydroxyl groups is 1. The van der Waals surface area contributed by atoms with Gasteiger partial charge in [-0.25, -0.2) is 0 Å². The first kappa shape index (κ1) is 12.4. The minimum atomic E-state index is -0.122. The number of amides is 1. The number of rotatable bonds is 3. The highest BCUT2D eigenvalue weighted by Gasteiger charge is 2.10. The fraction of sp³-hybridized carbons (Fsp3) is 0.364. The maximum absolute atomic E-state index is 11.7. The molecule has 0 bridgehead atoms. The van der Waals surface area contributed by atoms with Crippen LogP contribution < -0.4 is 5.32 Å². The maximum atomic E-state index is 11.7. The smallest absolute Gasteiger partial charge is 0.251 e. The van der Waals surface area contributed by atoms with Crippen molar-refractivity contribution in [3.8, 4) is 0 Å². The molecule has 0 fully saturated rings. The van der Waals surface area contributed by atoms with E-state index in [9.17, 15) is 4.79 Å². The fourth-order valence-corrected chi connectivity index (χ4v) is 2.09. The molecule has 0 heterocycles. The van der Waals surface area contributed by atoms with Gasteiger partial charge in [0.1, 0.15) is 0 Å². The van der Waals surface area contributed by atoms with Gasteiger partial charge >= 0.3 is 0 Å². The lowest BCUT2D eigenvalue weighted by atomic mass is 10.0. The molecule has 0 aliphatic carbocycles. The van der Waals surface area contributed by atoms with Crippen LogP contribution in [0.2, 0.25) is 0 Å². The van der Waals surface area contributed by atoms with Gasteiger partial charge in [0.05, 0.1) is 6.61 Å². The van der Waals surface area contributed by atoms with Crippen molar-refractivity contribution in [3.63, 3.8) is 0 Å². The summed E-state index contributed by atoms with van der Waals surface area (Å²) < 4.78 is 1.05. The van der Waals surface area contributed by atoms with Crippen LogP contribution in [0.5, 0.6) is 0 Å². The monoisotopic (exact) mass is 319 g/mol. The van der Waals surface area contributed by atoms with Crippen molar-refractivity contribution >= 4 is 28.5 Å². The van der Waals surface area contributed by atoms with Gasteiger partial charge in [-0.1, -0.05) is 0 Å². The van der Waals surface area contributed by atoms with Gasteiger partial charge in [-0.15, -0.1) is 0 Å². The number of aliphatic hydroxyl groups excluding tert-OH is 1. The quantitative estimate of drug-likeness (QED) is 0.832. The van der Waals surface area contributed by atoms with Gasteiger partial charge in [-0.2, -0.15) is 0 Å². The molecule has 15 heavy (non-hydrogen) atoms. The van der Waals surface area contributed by atoms with E-state index in [1.54, 1.807) is 0 Å². The van der Waals surface area contributed by atoms with Crippen LogP contribution in [0.4, 0.5) is 0 Å². The summed E-state index contributed by atoms with van der Waals surface area (Å²) in [5, 5.41) is 11.3. The third kappa shape index (κ3) is 3.17. The Balaban J connectivity index is 2.98. The van der Waals surface area contributed by atoms with Gasteiger partial charge in [0, 0.05) is 15.7 Å². The summed E-state index contributed by atoms with van der Waals surface area (Å²) in [6.45, 7) is 4.18. The van der Waals surface area contributed by atoms with Crippen molar-refractivity contribution in [1.29, 1.82) is 0 Å². The van der Waals surface area contributed by atoms with Crippen molar-refractivity contribution in [2.24, 2.45) is 0 Å². The number of carbonyl (C=O) groups excluding carboxylic acids is 1. The normalized spacial score (nSPS) is 10.1. The Labute approximate surface area is 103 Å². The Bertz CT molecular complexity index is 377. The van der Waals surface area contributed by atoms with E-state index >= 15 is 0 Å². The van der Waals surface area contributed by atoms with Crippen LogP contribution >= 0.6 is 22.6 Å². The standard InChI is InChI=1S/C11H14INO2/c1-7-5-9(12)6-10(8(7)2)11(15)13-3-4-14/h5-6,14H,3-4H2,1-2H3,(H,13,15). The lowest BCUT2D eigenvalue weighted by molar-refractivity contribution is 0.0944. The first-order chi connectivity index (χ1) is 7.06. The number of halogens is 1. The topological polar surface area (TPSA) is 49.3 Å². The average molecular weight is 319 g/mol. The summed E-state index contributed by atoms with van der Waals surface area (Å²) in [6.07, 6.45) is 0. The molecular formula is C11H14INO2. The van der Waals surface area contributed by atoms with Gasteiger partial charge in [0.25, 0.3) is 5.91 Å². The van der Waals surface area contributed by atoms with Crippen molar-refractivity contribution in [2.45, 2.75) is 13.8 Å². The zero-order valence-corrected chi connectivity index (χ0v) is 11.0. The van der Waals surface area contributed by atoms with Crippen molar-refractivity contribution in [2.75, 3.05) is 13.2 Å². The molecule has 1 aromatic rings. The van der Waals surface area contributed by atoms with Crippen LogP contribution in [0.3, 0.4) is 0 Å². The molecule has 0 spiro atoms. The molecule has 82 valence electrons. The second-order valence-corrected chi connectivity index (χ2v) is 4.62. The molecule has 1 rings (SSSR count). The zero-order chi connectivity index (χ0) is 11.4. The number of benzene rings is 1. The van der Waals surface area contributed by atoms with Gasteiger partial charge in [0.2, 0.25) is 0 Å². The summed E-state index contributed by atoms with van der Waals surface area (Å²) in [7, 11) is 0. The van der Waals surface area contributed by atoms with Crippen LogP contribution in [-0.2, 0) is 0 Å². The fourth-order valence-electron chi connectivity index (χ4n) is 1.32. The summed E-state index contributed by atoms with van der Waals surface area (Å²) in [6, 6.07) is 3.90. The average Bonchev–Trinajstić information content (AvgIpc) is 2.19. The van der Waals surface area contributed by atoms with E-state index < -0.39 is 0 Å².